The van der Waals surface area contributed by atoms with E-state index in [0.29, 0.717) is 12.8 Å². The average molecular weight is 1970 g/mol. The fourth-order valence-electron chi connectivity index (χ4n) is 18.4. The highest BCUT2D eigenvalue weighted by atomic mass is 16.8. The highest BCUT2D eigenvalue weighted by Crippen LogP contribution is 2.43. The number of aliphatic carboxylic acids is 1. The van der Waals surface area contributed by atoms with E-state index in [4.69, 9.17) is 66.3 Å². The lowest BCUT2D eigenvalue weighted by Crippen LogP contribution is -2.73. The quantitative estimate of drug-likeness (QED) is 0.0206. The Balaban J connectivity index is 1.08. The highest BCUT2D eigenvalue weighted by molar-refractivity contribution is 5.77. The van der Waals surface area contributed by atoms with Gasteiger partial charge in [0.05, 0.1) is 77.1 Å². The number of aliphatic hydroxyl groups excluding tert-OH is 21. The average Bonchev–Trinajstić information content (AvgIpc) is 0.746. The molecule has 45 nitrogen and oxygen atoms in total. The molecule has 38 atom stereocenters. The molecular formula is C91H162N4O41. The number of unbranched alkanes of at least 4 members (excludes halogenated alkanes) is 29. The van der Waals surface area contributed by atoms with Crippen molar-refractivity contribution in [2.24, 2.45) is 0 Å². The molecule has 7 aliphatic rings. The Morgan fingerprint density at radius 3 is 1.15 bits per heavy atom. The van der Waals surface area contributed by atoms with Crippen LogP contribution in [-0.2, 0) is 90.3 Å². The number of rotatable bonds is 63. The molecular weight excluding hydrogens is 1800 g/mol. The van der Waals surface area contributed by atoms with Crippen LogP contribution in [0.3, 0.4) is 0 Å². The molecule has 0 radical (unpaired) electrons. The SMILES string of the molecule is CCCCCCCCCCCCC/C=C/[C@@H](O)[C@H](CO[C@@H]1OC(CO)[C@@H](O[C@@H]2OC(CO)[C@H](O[C@@H]3OC(CO)[C@H](O)[C@H](O[C@@H]4OC(CO)[C@H](O[C@@H]5OC(CO)[C@H](O)[C@H](O[C@@H]6OC(CO)[C@H](O)[C@H](O)C6O)C5NC(C)=O)[C@H](O[C@]5(C(=O)O)CC(O)[C@@H](NC(C)=O)C([C@H](O)[C@H](O)CO)O5)C4O)C3NC(C)=O)[C@H](O)C2O)[C@H](O)C1O)NC(=O)CCCCCCCCCCCCCCCCCCCCC. The zero-order valence-corrected chi connectivity index (χ0v) is 79.1. The molecule has 7 aliphatic heterocycles. The number of hydrogen-bond acceptors (Lipinski definition) is 40. The lowest BCUT2D eigenvalue weighted by Gasteiger charge is -2.53. The number of carboxylic acids is 1. The van der Waals surface area contributed by atoms with Crippen LogP contribution < -0.4 is 21.3 Å². The Labute approximate surface area is 794 Å². The molecule has 4 amide bonds. The van der Waals surface area contributed by atoms with Crippen molar-refractivity contribution >= 4 is 29.6 Å². The van der Waals surface area contributed by atoms with Crippen LogP contribution in [0.2, 0.25) is 0 Å². The first-order valence-corrected chi connectivity index (χ1v) is 49.1. The number of ether oxygens (including phenoxy) is 14. The summed E-state index contributed by atoms with van der Waals surface area (Å²) in [6, 6.07) is -7.02. The molecule has 0 aromatic heterocycles. The largest absolute Gasteiger partial charge is 0.477 e. The molecule has 14 unspecified atom stereocenters. The first-order chi connectivity index (χ1) is 65.1. The van der Waals surface area contributed by atoms with Crippen molar-refractivity contribution in [3.63, 3.8) is 0 Å². The molecule has 0 bridgehead atoms. The van der Waals surface area contributed by atoms with Gasteiger partial charge < -0.3 is 200 Å². The minimum absolute atomic E-state index is 0.142. The minimum Gasteiger partial charge on any atom is -0.477 e. The van der Waals surface area contributed by atoms with E-state index >= 15 is 0 Å². The minimum atomic E-state index is -3.51. The van der Waals surface area contributed by atoms with Crippen LogP contribution in [0, 0.1) is 0 Å². The summed E-state index contributed by atoms with van der Waals surface area (Å²) in [5, 5.41) is 259. The molecule has 0 saturated carbocycles. The monoisotopic (exact) mass is 1970 g/mol. The van der Waals surface area contributed by atoms with E-state index in [1.54, 1.807) is 6.08 Å². The van der Waals surface area contributed by atoms with Gasteiger partial charge in [0.2, 0.25) is 23.6 Å². The Kier molecular flexibility index (Phi) is 53.9. The molecule has 7 heterocycles. The van der Waals surface area contributed by atoms with E-state index in [1.165, 1.54) is 128 Å². The lowest BCUT2D eigenvalue weighted by molar-refractivity contribution is -0.403. The van der Waals surface area contributed by atoms with Crippen LogP contribution in [0.15, 0.2) is 12.2 Å². The maximum Gasteiger partial charge on any atom is 0.364 e. The fourth-order valence-corrected chi connectivity index (χ4v) is 18.4. The predicted octanol–water partition coefficient (Wildman–Crippen LogP) is -3.69. The second kappa shape index (κ2) is 61.7. The zero-order valence-electron chi connectivity index (χ0n) is 79.1. The van der Waals surface area contributed by atoms with E-state index in [2.05, 4.69) is 35.1 Å². The second-order valence-electron chi connectivity index (χ2n) is 37.0. The van der Waals surface area contributed by atoms with E-state index in [-0.39, 0.29) is 12.3 Å². The van der Waals surface area contributed by atoms with Gasteiger partial charge >= 0.3 is 5.97 Å². The van der Waals surface area contributed by atoms with Gasteiger partial charge in [-0.1, -0.05) is 206 Å². The predicted molar refractivity (Wildman–Crippen MR) is 474 cm³/mol. The Hall–Kier alpha value is -4.31. The number of amides is 4. The molecule has 0 spiro atoms. The molecule has 792 valence electrons. The summed E-state index contributed by atoms with van der Waals surface area (Å²) in [5.74, 6) is -9.06. The molecule has 45 heteroatoms. The van der Waals surface area contributed by atoms with Gasteiger partial charge in [-0.05, 0) is 19.3 Å². The highest BCUT2D eigenvalue weighted by Gasteiger charge is 2.64. The number of aliphatic hydroxyl groups is 21. The summed E-state index contributed by atoms with van der Waals surface area (Å²) in [5.41, 5.74) is 0. The first kappa shape index (κ1) is 119. The van der Waals surface area contributed by atoms with Gasteiger partial charge in [-0.2, -0.15) is 0 Å². The van der Waals surface area contributed by atoms with E-state index in [1.807, 2.05) is 6.08 Å². The van der Waals surface area contributed by atoms with Crippen LogP contribution in [0.1, 0.15) is 247 Å². The summed E-state index contributed by atoms with van der Waals surface area (Å²) in [6.07, 6.45) is -32.3. The summed E-state index contributed by atoms with van der Waals surface area (Å²) in [6.45, 7) is -1.42. The molecule has 0 aromatic carbocycles. The topological polar surface area (TPSA) is 708 Å². The normalized spacial score (nSPS) is 36.6. The van der Waals surface area contributed by atoms with E-state index in [9.17, 15) is 136 Å². The summed E-state index contributed by atoms with van der Waals surface area (Å²) in [4.78, 5) is 67.0. The van der Waals surface area contributed by atoms with Crippen molar-refractivity contribution in [1.82, 2.24) is 21.3 Å². The van der Waals surface area contributed by atoms with Gasteiger partial charge in [0, 0.05) is 33.6 Å². The van der Waals surface area contributed by atoms with Gasteiger partial charge in [0.1, 0.15) is 165 Å². The van der Waals surface area contributed by atoms with Crippen molar-refractivity contribution in [3.8, 4) is 0 Å². The van der Waals surface area contributed by atoms with Gasteiger partial charge in [0.25, 0.3) is 5.79 Å². The zero-order chi connectivity index (χ0) is 99.9. The van der Waals surface area contributed by atoms with Crippen molar-refractivity contribution in [2.45, 2.75) is 479 Å². The third-order valence-corrected chi connectivity index (χ3v) is 26.2. The number of carbonyl (C=O) groups is 5. The molecule has 7 fully saturated rings. The molecule has 0 aliphatic carbocycles. The molecule has 7 saturated heterocycles. The van der Waals surface area contributed by atoms with Gasteiger partial charge in [-0.3, -0.25) is 19.2 Å². The Morgan fingerprint density at radius 2 is 0.728 bits per heavy atom. The number of carbonyl (C=O) groups excluding carboxylic acids is 4. The van der Waals surface area contributed by atoms with Gasteiger partial charge in [-0.15, -0.1) is 0 Å². The van der Waals surface area contributed by atoms with Crippen LogP contribution in [0.4, 0.5) is 0 Å². The third kappa shape index (κ3) is 35.0. The smallest absolute Gasteiger partial charge is 0.364 e. The van der Waals surface area contributed by atoms with Crippen molar-refractivity contribution in [3.05, 3.63) is 12.2 Å². The summed E-state index contributed by atoms with van der Waals surface area (Å²) >= 11 is 0. The summed E-state index contributed by atoms with van der Waals surface area (Å²) < 4.78 is 84.6. The van der Waals surface area contributed by atoms with Crippen molar-refractivity contribution in [1.29, 1.82) is 0 Å². The maximum absolute atomic E-state index is 14.0. The fraction of sp³-hybridized carbons (Fsp3) is 0.923. The maximum atomic E-state index is 14.0. The number of allylic oxidation sites excluding steroid dienone is 1. The molecule has 7 rings (SSSR count). The van der Waals surface area contributed by atoms with Gasteiger partial charge in [-0.25, -0.2) is 4.79 Å². The molecule has 0 aromatic rings. The van der Waals surface area contributed by atoms with Crippen LogP contribution >= 0.6 is 0 Å². The van der Waals surface area contributed by atoms with Crippen molar-refractivity contribution in [2.75, 3.05) is 52.9 Å². The Bertz CT molecular complexity index is 3370. The van der Waals surface area contributed by atoms with Crippen LogP contribution in [-0.4, -0.2) is 427 Å². The standard InChI is InChI=1S/C91H162N4O41/c1-6-8-10-12-14-16-18-20-21-22-23-24-25-27-29-31-33-35-37-39-62(109)95-52(53(106)38-36-34-32-30-28-26-19-17-15-13-11-9-7-2)48-123-86-74(118)71(115)78(59(45-100)127-86)131-88-75(119)72(116)77(60(46-101)128-88)130-84-64(93-50(4)104)81(69(113)57(43-98)124-84)134-89-76(120)83(136-91(90(121)122)40-54(107)63(92-49(3)103)82(135-91)66(110)55(108)41-96)79(61(47-102)129-89)132-85-65(94-51(5)105)80(68(112)58(44-99)125-85)133-87-73(117)70(114)67(111)56(42-97)126-87/h36,38,52-61,63-89,96-102,106-108,110-120H,6-35,37,39-48H2,1-5H3,(H,92,103)(H,93,104)(H,94,105)(H,95,109)(H,121,122)/b38-36+/t52-,53+,54?,55+,56?,57?,58?,59?,60?,61?,63+,64?,65?,66+,67-,68-,69-,70-,71+,72+,73?,74?,75?,76?,77-,78+,79-,80+,81+,82?,83+,84-,85-,86+,87-,88-,89-,91-/m0/s1. The van der Waals surface area contributed by atoms with E-state index in [0.717, 1.165) is 78.6 Å². The number of carboxylic acid groups (broad SMARTS) is 1. The Morgan fingerprint density at radius 1 is 0.382 bits per heavy atom. The lowest BCUT2D eigenvalue weighted by atomic mass is 9.88. The first-order valence-electron chi connectivity index (χ1n) is 49.1. The number of hydrogen-bond donors (Lipinski definition) is 26. The van der Waals surface area contributed by atoms with Gasteiger partial charge in [0.15, 0.2) is 37.7 Å². The second-order valence-corrected chi connectivity index (χ2v) is 37.0. The van der Waals surface area contributed by atoms with Crippen LogP contribution in [0.25, 0.3) is 0 Å². The molecule has 136 heavy (non-hydrogen) atoms. The van der Waals surface area contributed by atoms with Crippen LogP contribution in [0.5, 0.6) is 0 Å². The summed E-state index contributed by atoms with van der Waals surface area (Å²) in [7, 11) is 0. The van der Waals surface area contributed by atoms with E-state index < -0.39 is 315 Å². The third-order valence-electron chi connectivity index (χ3n) is 26.2. The number of nitrogens with one attached hydrogen (secondary N) is 4. The molecule has 26 N–H and O–H groups in total. The van der Waals surface area contributed by atoms with Crippen molar-refractivity contribution < 1.29 is 203 Å².